The fourth-order valence-corrected chi connectivity index (χ4v) is 5.11. The Labute approximate surface area is 205 Å². The van der Waals surface area contributed by atoms with Crippen molar-refractivity contribution < 1.29 is 18.8 Å². The molecular formula is C28H31N3O4. The normalized spacial score (nSPS) is 18.0. The molecule has 0 aliphatic carbocycles. The minimum atomic E-state index is -0.272. The molecule has 2 atom stereocenters. The van der Waals surface area contributed by atoms with Gasteiger partial charge in [0.05, 0.1) is 31.4 Å². The molecule has 3 heterocycles. The summed E-state index contributed by atoms with van der Waals surface area (Å²) in [4.78, 5) is 13.0. The van der Waals surface area contributed by atoms with Gasteiger partial charge in [-0.25, -0.2) is 0 Å². The van der Waals surface area contributed by atoms with Crippen LogP contribution in [0.25, 0.3) is 22.5 Å². The van der Waals surface area contributed by atoms with E-state index in [4.69, 9.17) is 14.0 Å². The second-order valence-corrected chi connectivity index (χ2v) is 9.25. The highest BCUT2D eigenvalue weighted by molar-refractivity contribution is 6.02. The SMILES string of the molecule is CCNC(=O)c1noc(-c2cc(C(C)C)c(OC)cc2OC)c1-c1ccc2c(c1)C1C=CCC2N1. The van der Waals surface area contributed by atoms with E-state index < -0.39 is 0 Å². The summed E-state index contributed by atoms with van der Waals surface area (Å²) in [7, 11) is 3.26. The zero-order valence-corrected chi connectivity index (χ0v) is 20.8. The number of hydrogen-bond donors (Lipinski definition) is 2. The van der Waals surface area contributed by atoms with E-state index in [0.717, 1.165) is 28.9 Å². The summed E-state index contributed by atoms with van der Waals surface area (Å²) in [6, 6.07) is 10.7. The maximum Gasteiger partial charge on any atom is 0.274 e. The third-order valence-corrected chi connectivity index (χ3v) is 6.83. The molecule has 3 aromatic rings. The number of ether oxygens (including phenoxy) is 2. The number of carbonyl (C=O) groups is 1. The first-order valence-corrected chi connectivity index (χ1v) is 12.1. The van der Waals surface area contributed by atoms with E-state index in [1.807, 2.05) is 19.1 Å². The predicted molar refractivity (Wildman–Crippen MR) is 135 cm³/mol. The lowest BCUT2D eigenvalue weighted by atomic mass is 9.92. The van der Waals surface area contributed by atoms with Crippen molar-refractivity contribution in [2.24, 2.45) is 0 Å². The number of amides is 1. The van der Waals surface area contributed by atoms with Crippen molar-refractivity contribution >= 4 is 5.91 Å². The van der Waals surface area contributed by atoms with E-state index in [1.165, 1.54) is 11.1 Å². The molecule has 0 radical (unpaired) electrons. The summed E-state index contributed by atoms with van der Waals surface area (Å²) in [5, 5.41) is 10.7. The Hall–Kier alpha value is -3.58. The van der Waals surface area contributed by atoms with Crippen LogP contribution in [-0.4, -0.2) is 31.8 Å². The number of fused-ring (bicyclic) bond motifs is 5. The van der Waals surface area contributed by atoms with Crippen LogP contribution in [0.5, 0.6) is 11.5 Å². The molecule has 7 heteroatoms. The molecule has 0 fully saturated rings. The number of aromatic nitrogens is 1. The van der Waals surface area contributed by atoms with Crippen LogP contribution < -0.4 is 20.1 Å². The van der Waals surface area contributed by atoms with Crippen molar-refractivity contribution in [2.75, 3.05) is 20.8 Å². The van der Waals surface area contributed by atoms with Gasteiger partial charge in [0.15, 0.2) is 11.5 Å². The molecule has 35 heavy (non-hydrogen) atoms. The van der Waals surface area contributed by atoms with Crippen molar-refractivity contribution in [1.82, 2.24) is 15.8 Å². The lowest BCUT2D eigenvalue weighted by Crippen LogP contribution is -2.23. The molecule has 2 aliphatic rings. The topological polar surface area (TPSA) is 85.6 Å². The van der Waals surface area contributed by atoms with Crippen molar-refractivity contribution in [3.8, 4) is 33.9 Å². The largest absolute Gasteiger partial charge is 0.496 e. The lowest BCUT2D eigenvalue weighted by molar-refractivity contribution is 0.0947. The van der Waals surface area contributed by atoms with Crippen LogP contribution in [0.1, 0.15) is 72.4 Å². The Morgan fingerprint density at radius 2 is 1.97 bits per heavy atom. The van der Waals surface area contributed by atoms with Gasteiger partial charge in [-0.15, -0.1) is 0 Å². The summed E-state index contributed by atoms with van der Waals surface area (Å²) < 4.78 is 17.2. The smallest absolute Gasteiger partial charge is 0.274 e. The number of nitrogens with zero attached hydrogens (tertiary/aromatic N) is 1. The average Bonchev–Trinajstić information content (AvgIpc) is 3.42. The number of nitrogens with one attached hydrogen (secondary N) is 2. The van der Waals surface area contributed by atoms with E-state index >= 15 is 0 Å². The van der Waals surface area contributed by atoms with Gasteiger partial charge in [0, 0.05) is 18.7 Å². The van der Waals surface area contributed by atoms with Gasteiger partial charge in [-0.3, -0.25) is 10.1 Å². The van der Waals surface area contributed by atoms with Crippen LogP contribution in [0.3, 0.4) is 0 Å². The first kappa shape index (κ1) is 23.2. The number of benzene rings is 2. The van der Waals surface area contributed by atoms with Crippen LogP contribution in [0, 0.1) is 0 Å². The Morgan fingerprint density at radius 1 is 1.17 bits per heavy atom. The van der Waals surface area contributed by atoms with E-state index in [2.05, 4.69) is 60.0 Å². The third-order valence-electron chi connectivity index (χ3n) is 6.83. The van der Waals surface area contributed by atoms with Gasteiger partial charge >= 0.3 is 0 Å². The molecule has 1 aromatic heterocycles. The summed E-state index contributed by atoms with van der Waals surface area (Å²) in [5.74, 6) is 1.77. The highest BCUT2D eigenvalue weighted by Crippen LogP contribution is 2.46. The molecule has 2 bridgehead atoms. The molecule has 2 aliphatic heterocycles. The maximum absolute atomic E-state index is 13.0. The second-order valence-electron chi connectivity index (χ2n) is 9.25. The first-order chi connectivity index (χ1) is 17.0. The van der Waals surface area contributed by atoms with Gasteiger partial charge < -0.3 is 19.3 Å². The van der Waals surface area contributed by atoms with Crippen LogP contribution in [0.2, 0.25) is 0 Å². The zero-order valence-electron chi connectivity index (χ0n) is 20.8. The lowest BCUT2D eigenvalue weighted by Gasteiger charge is -2.17. The summed E-state index contributed by atoms with van der Waals surface area (Å²) in [6.45, 7) is 6.59. The Bertz CT molecular complexity index is 1310. The molecular weight excluding hydrogens is 442 g/mol. The van der Waals surface area contributed by atoms with E-state index in [1.54, 1.807) is 14.2 Å². The molecule has 0 saturated heterocycles. The monoisotopic (exact) mass is 473 g/mol. The Kier molecular flexibility index (Phi) is 6.11. The summed E-state index contributed by atoms with van der Waals surface area (Å²) >= 11 is 0. The van der Waals surface area contributed by atoms with Crippen molar-refractivity contribution in [3.05, 3.63) is 64.9 Å². The molecule has 2 N–H and O–H groups in total. The highest BCUT2D eigenvalue weighted by atomic mass is 16.5. The second kappa shape index (κ2) is 9.23. The molecule has 0 spiro atoms. The molecule has 1 amide bonds. The fourth-order valence-electron chi connectivity index (χ4n) is 5.11. The molecule has 2 aromatic carbocycles. The first-order valence-electron chi connectivity index (χ1n) is 12.1. The van der Waals surface area contributed by atoms with Crippen LogP contribution in [0.15, 0.2) is 47.0 Å². The van der Waals surface area contributed by atoms with Crippen LogP contribution >= 0.6 is 0 Å². The van der Waals surface area contributed by atoms with Crippen molar-refractivity contribution in [3.63, 3.8) is 0 Å². The van der Waals surface area contributed by atoms with Gasteiger partial charge in [0.2, 0.25) is 0 Å². The molecule has 7 nitrogen and oxygen atoms in total. The molecule has 0 saturated carbocycles. The quantitative estimate of drug-likeness (QED) is 0.438. The minimum Gasteiger partial charge on any atom is -0.496 e. The van der Waals surface area contributed by atoms with Crippen molar-refractivity contribution in [1.29, 1.82) is 0 Å². The van der Waals surface area contributed by atoms with E-state index in [9.17, 15) is 4.79 Å². The van der Waals surface area contributed by atoms with Gasteiger partial charge in [0.1, 0.15) is 11.5 Å². The molecule has 182 valence electrons. The Balaban J connectivity index is 1.73. The summed E-state index contributed by atoms with van der Waals surface area (Å²) in [6.07, 6.45) is 5.41. The van der Waals surface area contributed by atoms with Crippen LogP contribution in [0.4, 0.5) is 0 Å². The predicted octanol–water partition coefficient (Wildman–Crippen LogP) is 5.54. The number of rotatable bonds is 7. The van der Waals surface area contributed by atoms with Gasteiger partial charge in [-0.1, -0.05) is 43.3 Å². The number of methoxy groups -OCH3 is 2. The number of carbonyl (C=O) groups excluding carboxylic acids is 1. The average molecular weight is 474 g/mol. The molecule has 2 unspecified atom stereocenters. The number of hydrogen-bond acceptors (Lipinski definition) is 6. The van der Waals surface area contributed by atoms with Gasteiger partial charge in [-0.05, 0) is 53.6 Å². The minimum absolute atomic E-state index is 0.169. The highest BCUT2D eigenvalue weighted by Gasteiger charge is 2.33. The van der Waals surface area contributed by atoms with Gasteiger partial charge in [0.25, 0.3) is 5.91 Å². The fraction of sp³-hybridized carbons (Fsp3) is 0.357. The van der Waals surface area contributed by atoms with E-state index in [0.29, 0.717) is 29.7 Å². The maximum atomic E-state index is 13.0. The molecule has 5 rings (SSSR count). The summed E-state index contributed by atoms with van der Waals surface area (Å²) in [5.41, 5.74) is 6.06. The van der Waals surface area contributed by atoms with Crippen molar-refractivity contribution in [2.45, 2.75) is 45.2 Å². The zero-order chi connectivity index (χ0) is 24.7. The Morgan fingerprint density at radius 3 is 2.69 bits per heavy atom. The van der Waals surface area contributed by atoms with E-state index in [-0.39, 0.29) is 23.6 Å². The van der Waals surface area contributed by atoms with Crippen LogP contribution in [-0.2, 0) is 0 Å². The third kappa shape index (κ3) is 3.90. The standard InChI is InChI=1S/C28H31N3O4/c1-6-29-28(32)26-25(16-10-11-17-19(12-16)22-9-7-8-21(17)30-22)27(35-31-26)20-13-18(15(2)3)23(33-4)14-24(20)34-5/h7,9-15,21-22,30H,6,8H2,1-5H3,(H,29,32). The van der Waals surface area contributed by atoms with Gasteiger partial charge in [-0.2, -0.15) is 0 Å².